The molecule has 0 bridgehead atoms. The van der Waals surface area contributed by atoms with Crippen molar-refractivity contribution in [2.24, 2.45) is 0 Å². The van der Waals surface area contributed by atoms with Crippen molar-refractivity contribution in [1.29, 1.82) is 5.26 Å². The van der Waals surface area contributed by atoms with Crippen LogP contribution in [0.25, 0.3) is 0 Å². The summed E-state index contributed by atoms with van der Waals surface area (Å²) < 4.78 is 0. The standard InChI is InChI=1S/C11H19N3.C11H24N2/c1-9(2)14-6-3-10(7-14)13-11(8-12)4-5-11;1-9(2)12-11(5)6-7-13(8-11)10(3)4/h9-10,13H,3-7H2,1-2H3;9-10,12H,6-8H2,1-5H3. The molecule has 5 heteroatoms. The molecule has 1 aliphatic carbocycles. The summed E-state index contributed by atoms with van der Waals surface area (Å²) >= 11 is 0. The first-order valence-corrected chi connectivity index (χ1v) is 11.0. The van der Waals surface area contributed by atoms with Crippen LogP contribution < -0.4 is 10.6 Å². The minimum atomic E-state index is -0.141. The summed E-state index contributed by atoms with van der Waals surface area (Å²) in [6.45, 7) is 20.6. The smallest absolute Gasteiger partial charge is 0.107 e. The highest BCUT2D eigenvalue weighted by Gasteiger charge is 2.45. The summed E-state index contributed by atoms with van der Waals surface area (Å²) in [7, 11) is 0. The molecule has 2 heterocycles. The van der Waals surface area contributed by atoms with Gasteiger partial charge in [-0.25, -0.2) is 0 Å². The van der Waals surface area contributed by atoms with Crippen molar-refractivity contribution < 1.29 is 0 Å². The number of nitrogens with one attached hydrogen (secondary N) is 2. The summed E-state index contributed by atoms with van der Waals surface area (Å²) in [4.78, 5) is 5.03. The largest absolute Gasteiger partial charge is 0.308 e. The lowest BCUT2D eigenvalue weighted by Gasteiger charge is -2.29. The Morgan fingerprint density at radius 2 is 1.59 bits per heavy atom. The van der Waals surface area contributed by atoms with E-state index in [9.17, 15) is 0 Å². The highest BCUT2D eigenvalue weighted by atomic mass is 15.2. The first-order chi connectivity index (χ1) is 12.6. The van der Waals surface area contributed by atoms with Crippen LogP contribution in [0, 0.1) is 11.3 Å². The molecular weight excluding hydrogens is 334 g/mol. The fourth-order valence-electron chi connectivity index (χ4n) is 4.43. The second-order valence-electron chi connectivity index (χ2n) is 10.1. The number of hydrogen-bond donors (Lipinski definition) is 2. The van der Waals surface area contributed by atoms with E-state index in [4.69, 9.17) is 5.26 Å². The SMILES string of the molecule is CC(C)N1CCC(NC2(C#N)CC2)C1.CC(C)NC1(C)CCN(C(C)C)C1. The van der Waals surface area contributed by atoms with E-state index in [-0.39, 0.29) is 5.54 Å². The van der Waals surface area contributed by atoms with Gasteiger partial charge in [-0.05, 0) is 66.8 Å². The molecule has 3 fully saturated rings. The van der Waals surface area contributed by atoms with Crippen molar-refractivity contribution in [2.45, 2.75) is 109 Å². The van der Waals surface area contributed by atoms with Crippen LogP contribution in [-0.2, 0) is 0 Å². The van der Waals surface area contributed by atoms with Gasteiger partial charge >= 0.3 is 0 Å². The van der Waals surface area contributed by atoms with Gasteiger partial charge in [0.1, 0.15) is 5.54 Å². The second kappa shape index (κ2) is 9.22. The fraction of sp³-hybridized carbons (Fsp3) is 0.955. The van der Waals surface area contributed by atoms with Gasteiger partial charge in [0.05, 0.1) is 6.07 Å². The Morgan fingerprint density at radius 1 is 0.963 bits per heavy atom. The Bertz CT molecular complexity index is 505. The molecule has 0 spiro atoms. The number of nitriles is 1. The van der Waals surface area contributed by atoms with Gasteiger partial charge in [-0.3, -0.25) is 15.1 Å². The quantitative estimate of drug-likeness (QED) is 0.745. The van der Waals surface area contributed by atoms with Crippen molar-refractivity contribution >= 4 is 0 Å². The van der Waals surface area contributed by atoms with Gasteiger partial charge in [0.25, 0.3) is 0 Å². The van der Waals surface area contributed by atoms with Crippen LogP contribution in [-0.4, -0.2) is 71.2 Å². The second-order valence-corrected chi connectivity index (χ2v) is 10.1. The molecule has 2 aliphatic heterocycles. The molecule has 0 aromatic carbocycles. The molecule has 156 valence electrons. The zero-order chi connectivity index (χ0) is 20.2. The normalized spacial score (nSPS) is 30.6. The average molecular weight is 378 g/mol. The van der Waals surface area contributed by atoms with E-state index in [1.54, 1.807) is 0 Å². The minimum absolute atomic E-state index is 0.141. The Kier molecular flexibility index (Phi) is 7.72. The monoisotopic (exact) mass is 377 g/mol. The molecule has 0 aromatic rings. The summed E-state index contributed by atoms with van der Waals surface area (Å²) in [6, 6.07) is 4.86. The maximum Gasteiger partial charge on any atom is 0.107 e. The van der Waals surface area contributed by atoms with E-state index in [2.05, 4.69) is 75.0 Å². The Balaban J connectivity index is 0.000000194. The topological polar surface area (TPSA) is 54.3 Å². The molecule has 27 heavy (non-hydrogen) atoms. The van der Waals surface area contributed by atoms with E-state index < -0.39 is 0 Å². The fourth-order valence-corrected chi connectivity index (χ4v) is 4.43. The van der Waals surface area contributed by atoms with E-state index in [0.29, 0.717) is 29.7 Å². The lowest BCUT2D eigenvalue weighted by atomic mass is 10.0. The van der Waals surface area contributed by atoms with Gasteiger partial charge in [0.15, 0.2) is 0 Å². The summed E-state index contributed by atoms with van der Waals surface area (Å²) in [5, 5.41) is 16.1. The van der Waals surface area contributed by atoms with Crippen LogP contribution in [0.1, 0.15) is 74.1 Å². The molecule has 0 radical (unpaired) electrons. The van der Waals surface area contributed by atoms with Crippen LogP contribution in [0.2, 0.25) is 0 Å². The van der Waals surface area contributed by atoms with Crippen LogP contribution in [0.4, 0.5) is 0 Å². The molecule has 0 amide bonds. The van der Waals surface area contributed by atoms with Crippen LogP contribution in [0.5, 0.6) is 0 Å². The van der Waals surface area contributed by atoms with Gasteiger partial charge in [0, 0.05) is 49.3 Å². The summed E-state index contributed by atoms with van der Waals surface area (Å²) in [5.74, 6) is 0. The predicted octanol–water partition coefficient (Wildman–Crippen LogP) is 2.97. The molecule has 1 saturated carbocycles. The molecule has 3 aliphatic rings. The lowest BCUT2D eigenvalue weighted by molar-refractivity contribution is 0.241. The molecule has 2 atom stereocenters. The third-order valence-corrected chi connectivity index (χ3v) is 6.26. The Hall–Kier alpha value is -0.670. The third kappa shape index (κ3) is 6.71. The van der Waals surface area contributed by atoms with Crippen molar-refractivity contribution in [3.05, 3.63) is 0 Å². The highest BCUT2D eigenvalue weighted by Crippen LogP contribution is 2.35. The van der Waals surface area contributed by atoms with Gasteiger partial charge in [-0.1, -0.05) is 13.8 Å². The lowest BCUT2D eigenvalue weighted by Crippen LogP contribution is -2.48. The van der Waals surface area contributed by atoms with Crippen molar-refractivity contribution in [2.75, 3.05) is 26.2 Å². The molecule has 2 N–H and O–H groups in total. The van der Waals surface area contributed by atoms with Crippen molar-refractivity contribution in [3.63, 3.8) is 0 Å². The number of nitrogens with zero attached hydrogens (tertiary/aromatic N) is 3. The molecule has 0 aromatic heterocycles. The number of rotatable bonds is 6. The first-order valence-electron chi connectivity index (χ1n) is 11.0. The summed E-state index contributed by atoms with van der Waals surface area (Å²) in [6.07, 6.45) is 4.56. The van der Waals surface area contributed by atoms with Crippen LogP contribution in [0.3, 0.4) is 0 Å². The molecule has 5 nitrogen and oxygen atoms in total. The van der Waals surface area contributed by atoms with Crippen molar-refractivity contribution in [1.82, 2.24) is 20.4 Å². The molecule has 3 rings (SSSR count). The zero-order valence-corrected chi connectivity index (χ0v) is 18.8. The summed E-state index contributed by atoms with van der Waals surface area (Å²) in [5.41, 5.74) is 0.204. The van der Waals surface area contributed by atoms with Crippen LogP contribution >= 0.6 is 0 Å². The Labute approximate surface area is 167 Å². The highest BCUT2D eigenvalue weighted by molar-refractivity contribution is 5.19. The van der Waals surface area contributed by atoms with E-state index >= 15 is 0 Å². The van der Waals surface area contributed by atoms with E-state index in [0.717, 1.165) is 19.4 Å². The van der Waals surface area contributed by atoms with Crippen molar-refractivity contribution in [3.8, 4) is 6.07 Å². The third-order valence-electron chi connectivity index (χ3n) is 6.26. The van der Waals surface area contributed by atoms with Gasteiger partial charge in [-0.2, -0.15) is 5.26 Å². The maximum atomic E-state index is 8.97. The van der Waals surface area contributed by atoms with Gasteiger partial charge < -0.3 is 5.32 Å². The molecule has 2 saturated heterocycles. The van der Waals surface area contributed by atoms with E-state index in [1.807, 2.05) is 0 Å². The zero-order valence-electron chi connectivity index (χ0n) is 18.8. The molecule has 2 unspecified atom stereocenters. The van der Waals surface area contributed by atoms with Gasteiger partial charge in [0.2, 0.25) is 0 Å². The number of hydrogen-bond acceptors (Lipinski definition) is 5. The van der Waals surface area contributed by atoms with Crippen LogP contribution in [0.15, 0.2) is 0 Å². The average Bonchev–Trinajstić information content (AvgIpc) is 2.99. The maximum absolute atomic E-state index is 8.97. The predicted molar refractivity (Wildman–Crippen MR) is 114 cm³/mol. The minimum Gasteiger partial charge on any atom is -0.308 e. The van der Waals surface area contributed by atoms with Gasteiger partial charge in [-0.15, -0.1) is 0 Å². The Morgan fingerprint density at radius 3 is 2.00 bits per heavy atom. The van der Waals surface area contributed by atoms with E-state index in [1.165, 1.54) is 32.5 Å². The molecular formula is C22H43N5. The number of likely N-dealkylation sites (tertiary alicyclic amines) is 2. The first kappa shape index (κ1) is 22.6.